The molecule has 0 amide bonds. The molecule has 1 saturated heterocycles. The molecule has 6 heteroatoms. The average molecular weight is 272 g/mol. The Morgan fingerprint density at radius 3 is 2.95 bits per heavy atom. The first-order valence-electron chi connectivity index (χ1n) is 7.07. The minimum atomic E-state index is 0.488. The molecule has 0 saturated carbocycles. The highest BCUT2D eigenvalue weighted by atomic mass is 15.6. The minimum Gasteiger partial charge on any atom is -0.338 e. The van der Waals surface area contributed by atoms with Gasteiger partial charge >= 0.3 is 0 Å². The fraction of sp³-hybridized carbons (Fsp3) is 0.500. The fourth-order valence-corrected chi connectivity index (χ4v) is 2.64. The Hall–Kier alpha value is -1.95. The van der Waals surface area contributed by atoms with E-state index in [-0.39, 0.29) is 0 Å². The van der Waals surface area contributed by atoms with E-state index in [0.29, 0.717) is 6.04 Å². The van der Waals surface area contributed by atoms with Crippen LogP contribution in [-0.4, -0.2) is 39.8 Å². The van der Waals surface area contributed by atoms with Gasteiger partial charge in [0.15, 0.2) is 0 Å². The molecule has 2 heterocycles. The van der Waals surface area contributed by atoms with Crippen LogP contribution in [-0.2, 0) is 13.1 Å². The second-order valence-electron chi connectivity index (χ2n) is 5.30. The van der Waals surface area contributed by atoms with Crippen molar-refractivity contribution in [2.75, 3.05) is 18.5 Å². The smallest absolute Gasteiger partial charge is 0.245 e. The van der Waals surface area contributed by atoms with Gasteiger partial charge in [-0.25, -0.2) is 4.68 Å². The van der Waals surface area contributed by atoms with Crippen molar-refractivity contribution in [3.8, 4) is 0 Å². The van der Waals surface area contributed by atoms with Crippen LogP contribution in [0.3, 0.4) is 0 Å². The monoisotopic (exact) mass is 272 g/mol. The molecule has 0 aliphatic carbocycles. The van der Waals surface area contributed by atoms with Gasteiger partial charge in [0.25, 0.3) is 0 Å². The molecule has 0 unspecified atom stereocenters. The third-order valence-corrected chi connectivity index (χ3v) is 3.67. The van der Waals surface area contributed by atoms with Crippen LogP contribution in [0.4, 0.5) is 5.95 Å². The first-order chi connectivity index (χ1) is 9.83. The second-order valence-corrected chi connectivity index (χ2v) is 5.30. The first kappa shape index (κ1) is 13.1. The van der Waals surface area contributed by atoms with Crippen molar-refractivity contribution in [1.82, 2.24) is 25.5 Å². The van der Waals surface area contributed by atoms with Gasteiger partial charge in [-0.05, 0) is 35.4 Å². The topological polar surface area (TPSA) is 58.9 Å². The summed E-state index contributed by atoms with van der Waals surface area (Å²) < 4.78 is 1.89. The van der Waals surface area contributed by atoms with E-state index in [1.165, 1.54) is 18.4 Å². The lowest BCUT2D eigenvalue weighted by Gasteiger charge is -2.19. The lowest BCUT2D eigenvalue weighted by atomic mass is 10.2. The van der Waals surface area contributed by atoms with Crippen LogP contribution in [0.1, 0.15) is 18.4 Å². The van der Waals surface area contributed by atoms with Crippen LogP contribution in [0.5, 0.6) is 0 Å². The molecule has 0 bridgehead atoms. The van der Waals surface area contributed by atoms with Crippen LogP contribution in [0, 0.1) is 0 Å². The fourth-order valence-electron chi connectivity index (χ4n) is 2.64. The predicted molar refractivity (Wildman–Crippen MR) is 77.4 cm³/mol. The number of rotatable bonds is 5. The highest BCUT2D eigenvalue weighted by Gasteiger charge is 2.18. The third kappa shape index (κ3) is 2.96. The van der Waals surface area contributed by atoms with E-state index in [2.05, 4.69) is 50.0 Å². The van der Waals surface area contributed by atoms with Crippen LogP contribution in [0.15, 0.2) is 30.3 Å². The van der Waals surface area contributed by atoms with Crippen LogP contribution in [0.25, 0.3) is 0 Å². The molecule has 1 N–H and O–H groups in total. The molecule has 20 heavy (non-hydrogen) atoms. The lowest BCUT2D eigenvalue weighted by Crippen LogP contribution is -2.29. The Balaban J connectivity index is 1.68. The average Bonchev–Trinajstić information content (AvgIpc) is 3.12. The maximum absolute atomic E-state index is 4.15. The van der Waals surface area contributed by atoms with E-state index in [1.807, 2.05) is 17.8 Å². The van der Waals surface area contributed by atoms with E-state index >= 15 is 0 Å². The zero-order valence-electron chi connectivity index (χ0n) is 11.7. The van der Waals surface area contributed by atoms with E-state index < -0.39 is 0 Å². The number of hydrogen-bond acceptors (Lipinski definition) is 5. The Kier molecular flexibility index (Phi) is 3.92. The van der Waals surface area contributed by atoms with E-state index in [0.717, 1.165) is 25.6 Å². The minimum absolute atomic E-state index is 0.488. The van der Waals surface area contributed by atoms with Crippen LogP contribution < -0.4 is 10.2 Å². The Labute approximate surface area is 118 Å². The van der Waals surface area contributed by atoms with Crippen LogP contribution in [0.2, 0.25) is 0 Å². The van der Waals surface area contributed by atoms with Gasteiger partial charge in [0.2, 0.25) is 5.95 Å². The molecule has 3 rings (SSSR count). The van der Waals surface area contributed by atoms with Crippen molar-refractivity contribution >= 4 is 5.95 Å². The third-order valence-electron chi connectivity index (χ3n) is 3.67. The van der Waals surface area contributed by atoms with Crippen molar-refractivity contribution in [3.63, 3.8) is 0 Å². The summed E-state index contributed by atoms with van der Waals surface area (Å²) in [5.41, 5.74) is 1.25. The van der Waals surface area contributed by atoms with Crippen molar-refractivity contribution in [3.05, 3.63) is 35.9 Å². The number of tetrazole rings is 1. The zero-order chi connectivity index (χ0) is 13.8. The maximum atomic E-state index is 4.15. The zero-order valence-corrected chi connectivity index (χ0v) is 11.7. The molecular formula is C14H20N6. The molecule has 2 aromatic rings. The normalized spacial score (nSPS) is 18.4. The molecule has 106 valence electrons. The number of nitrogens with one attached hydrogen (secondary N) is 1. The Morgan fingerprint density at radius 2 is 2.20 bits per heavy atom. The van der Waals surface area contributed by atoms with E-state index in [4.69, 9.17) is 0 Å². The Morgan fingerprint density at radius 1 is 1.35 bits per heavy atom. The van der Waals surface area contributed by atoms with Gasteiger partial charge in [-0.2, -0.15) is 0 Å². The molecule has 1 atom stereocenters. The summed E-state index contributed by atoms with van der Waals surface area (Å²) in [6.07, 6.45) is 2.43. The molecule has 0 radical (unpaired) electrons. The molecule has 1 aromatic carbocycles. The Bertz CT molecular complexity index is 532. The summed E-state index contributed by atoms with van der Waals surface area (Å²) in [6, 6.07) is 10.8. The quantitative estimate of drug-likeness (QED) is 0.882. The van der Waals surface area contributed by atoms with Crippen molar-refractivity contribution in [2.24, 2.45) is 0 Å². The molecule has 1 aliphatic heterocycles. The van der Waals surface area contributed by atoms with Crippen molar-refractivity contribution in [2.45, 2.75) is 32.0 Å². The van der Waals surface area contributed by atoms with Gasteiger partial charge in [0.05, 0.1) is 6.54 Å². The SMILES string of the molecule is CN(Cc1ccccc1)c1nnnn1C[C@@H]1CCCN1. The maximum Gasteiger partial charge on any atom is 0.245 e. The molecule has 0 spiro atoms. The molecule has 6 nitrogen and oxygen atoms in total. The van der Waals surface area contributed by atoms with Crippen molar-refractivity contribution in [1.29, 1.82) is 0 Å². The summed E-state index contributed by atoms with van der Waals surface area (Å²) in [5, 5.41) is 15.6. The highest BCUT2D eigenvalue weighted by molar-refractivity contribution is 5.29. The predicted octanol–water partition coefficient (Wildman–Crippen LogP) is 1.06. The van der Waals surface area contributed by atoms with Gasteiger partial charge in [-0.15, -0.1) is 0 Å². The van der Waals surface area contributed by atoms with E-state index in [9.17, 15) is 0 Å². The number of hydrogen-bond donors (Lipinski definition) is 1. The highest BCUT2D eigenvalue weighted by Crippen LogP contribution is 2.14. The van der Waals surface area contributed by atoms with Crippen LogP contribution >= 0.6 is 0 Å². The summed E-state index contributed by atoms with van der Waals surface area (Å²) >= 11 is 0. The molecule has 1 aromatic heterocycles. The van der Waals surface area contributed by atoms with Crippen molar-refractivity contribution < 1.29 is 0 Å². The van der Waals surface area contributed by atoms with Gasteiger partial charge in [0, 0.05) is 19.6 Å². The van der Waals surface area contributed by atoms with Gasteiger partial charge in [-0.3, -0.25) is 0 Å². The number of aromatic nitrogens is 4. The number of anilines is 1. The summed E-state index contributed by atoms with van der Waals surface area (Å²) in [6.45, 7) is 2.74. The molecule has 1 fully saturated rings. The lowest BCUT2D eigenvalue weighted by molar-refractivity contribution is 0.465. The first-order valence-corrected chi connectivity index (χ1v) is 7.07. The van der Waals surface area contributed by atoms with E-state index in [1.54, 1.807) is 0 Å². The van der Waals surface area contributed by atoms with Gasteiger partial charge in [0.1, 0.15) is 0 Å². The summed E-state index contributed by atoms with van der Waals surface area (Å²) in [5.74, 6) is 0.822. The number of nitrogens with zero attached hydrogens (tertiary/aromatic N) is 5. The summed E-state index contributed by atoms with van der Waals surface area (Å²) in [7, 11) is 2.03. The van der Waals surface area contributed by atoms with Gasteiger partial charge < -0.3 is 10.2 Å². The summed E-state index contributed by atoms with van der Waals surface area (Å²) in [4.78, 5) is 2.09. The second kappa shape index (κ2) is 6.00. The standard InChI is InChI=1S/C14H20N6/c1-19(10-12-6-3-2-4-7-12)14-16-17-18-20(14)11-13-8-5-9-15-13/h2-4,6-7,13,15H,5,8-11H2,1H3/t13-/m0/s1. The largest absolute Gasteiger partial charge is 0.338 e. The molecular weight excluding hydrogens is 252 g/mol. The van der Waals surface area contributed by atoms with Gasteiger partial charge in [-0.1, -0.05) is 35.4 Å². The molecule has 1 aliphatic rings. The number of benzene rings is 1.